The molecule has 3 N–H and O–H groups in total. The highest BCUT2D eigenvalue weighted by Gasteiger charge is 2.15. The number of hydrogen-bond donors (Lipinski definition) is 2. The lowest BCUT2D eigenvalue weighted by Crippen LogP contribution is -2.18. The zero-order valence-electron chi connectivity index (χ0n) is 18.4. The van der Waals surface area contributed by atoms with Crippen LogP contribution in [0.15, 0.2) is 48.5 Å². The van der Waals surface area contributed by atoms with Gasteiger partial charge in [0.1, 0.15) is 6.10 Å². The minimum atomic E-state index is -0.452. The zero-order valence-corrected chi connectivity index (χ0v) is 18.4. The van der Waals surface area contributed by atoms with Crippen molar-refractivity contribution >= 4 is 17.1 Å². The maximum Gasteiger partial charge on any atom is 0.269 e. The van der Waals surface area contributed by atoms with Crippen molar-refractivity contribution in [2.24, 2.45) is 5.73 Å². The number of unbranched alkanes of at least 4 members (excludes halogenated alkanes) is 1. The Labute approximate surface area is 192 Å². The number of rotatable bonds is 17. The Morgan fingerprint density at radius 2 is 1.42 bits per heavy atom. The van der Waals surface area contributed by atoms with E-state index in [0.717, 1.165) is 24.1 Å². The maximum atomic E-state index is 10.9. The molecular formula is C22H30N4O7. The quantitative estimate of drug-likeness (QED) is 0.204. The Morgan fingerprint density at radius 3 is 2.03 bits per heavy atom. The van der Waals surface area contributed by atoms with E-state index >= 15 is 0 Å². The van der Waals surface area contributed by atoms with E-state index < -0.39 is 16.0 Å². The topological polar surface area (TPSA) is 152 Å². The van der Waals surface area contributed by atoms with Crippen LogP contribution in [0.4, 0.5) is 17.1 Å². The van der Waals surface area contributed by atoms with Gasteiger partial charge in [-0.3, -0.25) is 20.2 Å². The number of nitro groups is 2. The van der Waals surface area contributed by atoms with Crippen molar-refractivity contribution < 1.29 is 24.1 Å². The van der Waals surface area contributed by atoms with E-state index in [9.17, 15) is 20.2 Å². The molecule has 0 aliphatic carbocycles. The first-order valence-electron chi connectivity index (χ1n) is 10.7. The summed E-state index contributed by atoms with van der Waals surface area (Å²) in [5, 5.41) is 24.8. The summed E-state index contributed by atoms with van der Waals surface area (Å²) in [6, 6.07) is 12.3. The summed E-state index contributed by atoms with van der Waals surface area (Å²) >= 11 is 0. The lowest BCUT2D eigenvalue weighted by Gasteiger charge is -2.19. The van der Waals surface area contributed by atoms with Gasteiger partial charge in [-0.2, -0.15) is 0 Å². The monoisotopic (exact) mass is 462 g/mol. The largest absolute Gasteiger partial charge is 0.383 e. The molecule has 0 aromatic heterocycles. The molecule has 1 unspecified atom stereocenters. The molecule has 0 radical (unpaired) electrons. The van der Waals surface area contributed by atoms with Gasteiger partial charge in [0.15, 0.2) is 0 Å². The first-order valence-corrected chi connectivity index (χ1v) is 10.7. The third-order valence-corrected chi connectivity index (χ3v) is 4.69. The summed E-state index contributed by atoms with van der Waals surface area (Å²) in [6.07, 6.45) is 1.42. The number of non-ortho nitro benzene ring substituents is 2. The minimum absolute atomic E-state index is 0.00383. The van der Waals surface area contributed by atoms with Crippen molar-refractivity contribution in [2.75, 3.05) is 51.4 Å². The van der Waals surface area contributed by atoms with Gasteiger partial charge in [-0.05, 0) is 49.2 Å². The van der Waals surface area contributed by atoms with Gasteiger partial charge in [0.05, 0.1) is 36.3 Å². The Bertz CT molecular complexity index is 847. The number of hydrogen-bond acceptors (Lipinski definition) is 9. The first-order chi connectivity index (χ1) is 16.0. The normalized spacial score (nSPS) is 11.8. The molecule has 0 aliphatic rings. The van der Waals surface area contributed by atoms with Gasteiger partial charge >= 0.3 is 0 Å². The number of anilines is 1. The third-order valence-electron chi connectivity index (χ3n) is 4.69. The van der Waals surface area contributed by atoms with Crippen LogP contribution in [-0.2, 0) is 14.2 Å². The van der Waals surface area contributed by atoms with Crippen molar-refractivity contribution in [3.63, 3.8) is 0 Å². The third kappa shape index (κ3) is 9.91. The van der Waals surface area contributed by atoms with E-state index in [1.54, 1.807) is 24.3 Å². The number of nitrogens with two attached hydrogens (primary N) is 1. The molecular weight excluding hydrogens is 432 g/mol. The molecule has 2 aromatic carbocycles. The second kappa shape index (κ2) is 14.9. The van der Waals surface area contributed by atoms with E-state index in [4.69, 9.17) is 19.9 Å². The van der Waals surface area contributed by atoms with Crippen LogP contribution in [-0.4, -0.2) is 56.0 Å². The van der Waals surface area contributed by atoms with Gasteiger partial charge in [0, 0.05) is 43.1 Å². The van der Waals surface area contributed by atoms with Crippen molar-refractivity contribution in [3.05, 3.63) is 74.3 Å². The highest BCUT2D eigenvalue weighted by molar-refractivity contribution is 5.48. The molecule has 0 saturated heterocycles. The van der Waals surface area contributed by atoms with Gasteiger partial charge in [0.2, 0.25) is 0 Å². The van der Waals surface area contributed by atoms with E-state index in [-0.39, 0.29) is 18.0 Å². The van der Waals surface area contributed by atoms with Crippen LogP contribution in [0, 0.1) is 20.2 Å². The van der Waals surface area contributed by atoms with Crippen LogP contribution >= 0.6 is 0 Å². The van der Waals surface area contributed by atoms with Crippen LogP contribution in [0.25, 0.3) is 0 Å². The number of benzene rings is 2. The Hall–Kier alpha value is -3.12. The number of nitro benzene ring substituents is 2. The van der Waals surface area contributed by atoms with Crippen molar-refractivity contribution in [2.45, 2.75) is 18.9 Å². The fourth-order valence-corrected chi connectivity index (χ4v) is 2.91. The summed E-state index contributed by atoms with van der Waals surface area (Å²) in [4.78, 5) is 20.7. The number of nitrogens with one attached hydrogen (secondary N) is 1. The van der Waals surface area contributed by atoms with Crippen LogP contribution in [0.3, 0.4) is 0 Å². The summed E-state index contributed by atoms with van der Waals surface area (Å²) in [5.74, 6) is 0. The fraction of sp³-hybridized carbons (Fsp3) is 0.455. The molecule has 0 spiro atoms. The lowest BCUT2D eigenvalue weighted by atomic mass is 10.1. The fourth-order valence-electron chi connectivity index (χ4n) is 2.91. The Kier molecular flexibility index (Phi) is 11.8. The number of ether oxygens (including phenoxy) is 3. The van der Waals surface area contributed by atoms with Crippen molar-refractivity contribution in [3.8, 4) is 0 Å². The maximum absolute atomic E-state index is 10.9. The molecule has 0 fully saturated rings. The first kappa shape index (κ1) is 26.1. The van der Waals surface area contributed by atoms with E-state index in [2.05, 4.69) is 5.32 Å². The molecule has 0 saturated carbocycles. The van der Waals surface area contributed by atoms with E-state index in [1.165, 1.54) is 24.3 Å². The molecule has 33 heavy (non-hydrogen) atoms. The second-order valence-corrected chi connectivity index (χ2v) is 7.12. The molecule has 2 rings (SSSR count). The standard InChI is InChI=1S/C22H30N4O7/c23-11-1-2-13-31-15-16-32-17-22(18-3-7-20(8-4-18)25(27)28)33-14-12-24-19-5-9-21(10-6-19)26(29)30/h3-10,22,24H,1-2,11-17,23H2. The van der Waals surface area contributed by atoms with Crippen molar-refractivity contribution in [1.29, 1.82) is 0 Å². The second-order valence-electron chi connectivity index (χ2n) is 7.12. The van der Waals surface area contributed by atoms with Gasteiger partial charge in [-0.25, -0.2) is 0 Å². The average molecular weight is 463 g/mol. The predicted octanol–water partition coefficient (Wildman–Crippen LogP) is 3.44. The predicted molar refractivity (Wildman–Crippen MR) is 123 cm³/mol. The van der Waals surface area contributed by atoms with Gasteiger partial charge in [-0.1, -0.05) is 0 Å². The zero-order chi connectivity index (χ0) is 23.9. The molecule has 1 atom stereocenters. The summed E-state index contributed by atoms with van der Waals surface area (Å²) in [5.41, 5.74) is 6.97. The van der Waals surface area contributed by atoms with E-state index in [0.29, 0.717) is 39.5 Å². The molecule has 0 amide bonds. The van der Waals surface area contributed by atoms with Crippen molar-refractivity contribution in [1.82, 2.24) is 0 Å². The molecule has 0 heterocycles. The average Bonchev–Trinajstić information content (AvgIpc) is 2.82. The van der Waals surface area contributed by atoms with Gasteiger partial charge in [-0.15, -0.1) is 0 Å². The van der Waals surface area contributed by atoms with Crippen LogP contribution in [0.1, 0.15) is 24.5 Å². The Balaban J connectivity index is 1.82. The molecule has 180 valence electrons. The molecule has 11 heteroatoms. The van der Waals surface area contributed by atoms with Gasteiger partial charge < -0.3 is 25.3 Å². The molecule has 2 aromatic rings. The molecule has 0 bridgehead atoms. The minimum Gasteiger partial charge on any atom is -0.383 e. The highest BCUT2D eigenvalue weighted by atomic mass is 16.6. The number of nitrogens with zero attached hydrogens (tertiary/aromatic N) is 2. The lowest BCUT2D eigenvalue weighted by molar-refractivity contribution is -0.385. The summed E-state index contributed by atoms with van der Waals surface area (Å²) < 4.78 is 17.1. The smallest absolute Gasteiger partial charge is 0.269 e. The van der Waals surface area contributed by atoms with Crippen LogP contribution in [0.5, 0.6) is 0 Å². The summed E-state index contributed by atoms with van der Waals surface area (Å²) in [7, 11) is 0. The van der Waals surface area contributed by atoms with Crippen LogP contribution < -0.4 is 11.1 Å². The SMILES string of the molecule is NCCCCOCCOCC(OCCNc1ccc([N+](=O)[O-])cc1)c1ccc([N+](=O)[O-])cc1. The van der Waals surface area contributed by atoms with Crippen LogP contribution in [0.2, 0.25) is 0 Å². The summed E-state index contributed by atoms with van der Waals surface area (Å²) in [6.45, 7) is 3.20. The van der Waals surface area contributed by atoms with E-state index in [1.807, 2.05) is 0 Å². The Morgan fingerprint density at radius 1 is 0.818 bits per heavy atom. The van der Waals surface area contributed by atoms with Gasteiger partial charge in [0.25, 0.3) is 11.4 Å². The highest BCUT2D eigenvalue weighted by Crippen LogP contribution is 2.21. The molecule has 11 nitrogen and oxygen atoms in total. The molecule has 0 aliphatic heterocycles.